The normalized spacial score (nSPS) is 23.8. The maximum absolute atomic E-state index is 12.8. The van der Waals surface area contributed by atoms with Crippen LogP contribution in [-0.2, 0) is 19.8 Å². The smallest absolute Gasteiger partial charge is 0.269 e. The van der Waals surface area contributed by atoms with Crippen LogP contribution in [0.3, 0.4) is 0 Å². The summed E-state index contributed by atoms with van der Waals surface area (Å²) in [6.45, 7) is 0.443. The lowest BCUT2D eigenvalue weighted by Crippen LogP contribution is -2.46. The number of rotatable bonds is 0. The van der Waals surface area contributed by atoms with E-state index in [4.69, 9.17) is 4.74 Å². The summed E-state index contributed by atoms with van der Waals surface area (Å²) in [5, 5.41) is 3.34. The minimum Gasteiger partial charge on any atom is -0.460 e. The molecule has 25 heavy (non-hydrogen) atoms. The van der Waals surface area contributed by atoms with E-state index in [-0.39, 0.29) is 6.42 Å². The van der Waals surface area contributed by atoms with Gasteiger partial charge in [-0.2, -0.15) is 0 Å². The maximum Gasteiger partial charge on any atom is 0.269 e. The average Bonchev–Trinajstić information content (AvgIpc) is 3.00. The Kier molecular flexibility index (Phi) is 2.64. The Balaban J connectivity index is 1.88. The number of carbonyl (C=O) groups excluding carboxylic acids is 3. The van der Waals surface area contributed by atoms with Crippen molar-refractivity contribution in [2.45, 2.75) is 11.8 Å². The molecule has 3 aliphatic rings. The van der Waals surface area contributed by atoms with Gasteiger partial charge in [0.05, 0.1) is 17.4 Å². The minimum absolute atomic E-state index is 0.168. The number of fused-ring (bicyclic) bond motifs is 5. The number of nitrogens with one attached hydrogen (secondary N) is 1. The second kappa shape index (κ2) is 4.66. The number of Topliss-reactive ketones (excluding diaryl/α,β-unsaturated/α-hetero) is 3. The largest absolute Gasteiger partial charge is 0.460 e. The third-order valence-corrected chi connectivity index (χ3v) is 5.22. The van der Waals surface area contributed by atoms with Crippen LogP contribution in [0.15, 0.2) is 59.9 Å². The molecule has 2 aromatic carbocycles. The molecule has 2 aliphatic heterocycles. The van der Waals surface area contributed by atoms with Gasteiger partial charge < -0.3 is 10.1 Å². The molecule has 2 heterocycles. The zero-order valence-electron chi connectivity index (χ0n) is 13.2. The lowest BCUT2D eigenvalue weighted by atomic mass is 9.65. The quantitative estimate of drug-likeness (QED) is 0.749. The first-order chi connectivity index (χ1) is 12.1. The summed E-state index contributed by atoms with van der Waals surface area (Å²) in [7, 11) is 0. The Hall–Kier alpha value is -3.21. The minimum atomic E-state index is -0.953. The highest BCUT2D eigenvalue weighted by Crippen LogP contribution is 2.54. The molecule has 122 valence electrons. The Bertz CT molecular complexity index is 1020. The summed E-state index contributed by atoms with van der Waals surface area (Å²) in [4.78, 5) is 36.9. The highest BCUT2D eigenvalue weighted by molar-refractivity contribution is 6.68. The van der Waals surface area contributed by atoms with E-state index in [0.717, 1.165) is 16.8 Å². The predicted octanol–water partition coefficient (Wildman–Crippen LogP) is 2.16. The van der Waals surface area contributed by atoms with Gasteiger partial charge in [0.15, 0.2) is 0 Å². The lowest BCUT2D eigenvalue weighted by Gasteiger charge is -2.39. The Morgan fingerprint density at radius 3 is 2.44 bits per heavy atom. The van der Waals surface area contributed by atoms with Gasteiger partial charge in [-0.3, -0.25) is 14.4 Å². The van der Waals surface area contributed by atoms with Crippen LogP contribution in [0.4, 0.5) is 5.69 Å². The number of carbonyl (C=O) groups is 3. The van der Waals surface area contributed by atoms with Crippen molar-refractivity contribution in [2.75, 3.05) is 11.9 Å². The topological polar surface area (TPSA) is 72.5 Å². The van der Waals surface area contributed by atoms with Gasteiger partial charge >= 0.3 is 0 Å². The van der Waals surface area contributed by atoms with Crippen molar-refractivity contribution < 1.29 is 19.1 Å². The molecule has 5 nitrogen and oxygen atoms in total. The van der Waals surface area contributed by atoms with Crippen molar-refractivity contribution in [1.82, 2.24) is 0 Å². The molecule has 0 saturated heterocycles. The van der Waals surface area contributed by atoms with Gasteiger partial charge in [0.25, 0.3) is 5.78 Å². The molecule has 1 unspecified atom stereocenters. The number of ether oxygens (including phenoxy) is 1. The Labute approximate surface area is 143 Å². The summed E-state index contributed by atoms with van der Waals surface area (Å²) in [6, 6.07) is 15.2. The van der Waals surface area contributed by atoms with Gasteiger partial charge in [-0.15, -0.1) is 0 Å². The fraction of sp³-hybridized carbons (Fsp3) is 0.150. The van der Waals surface area contributed by atoms with Crippen LogP contribution in [0.2, 0.25) is 0 Å². The SMILES string of the molecule is O=C1CC2=C(C(=O)C1=O)C1(CNc3ccccc31)c1ccccc1O2. The van der Waals surface area contributed by atoms with Gasteiger partial charge in [-0.25, -0.2) is 0 Å². The molecule has 1 atom stereocenters. The number of allylic oxidation sites excluding steroid dienone is 1. The zero-order valence-corrected chi connectivity index (χ0v) is 13.2. The van der Waals surface area contributed by atoms with Crippen LogP contribution in [0.25, 0.3) is 0 Å². The van der Waals surface area contributed by atoms with Crippen molar-refractivity contribution in [3.63, 3.8) is 0 Å². The van der Waals surface area contributed by atoms with Crippen molar-refractivity contribution >= 4 is 23.0 Å². The molecule has 0 aromatic heterocycles. The number of hydrogen-bond donors (Lipinski definition) is 1. The van der Waals surface area contributed by atoms with Gasteiger partial charge in [0.1, 0.15) is 11.5 Å². The maximum atomic E-state index is 12.8. The zero-order chi connectivity index (χ0) is 17.2. The number of anilines is 1. The molecule has 1 spiro atoms. The first-order valence-corrected chi connectivity index (χ1v) is 8.09. The van der Waals surface area contributed by atoms with E-state index in [9.17, 15) is 14.4 Å². The van der Waals surface area contributed by atoms with Crippen LogP contribution in [0, 0.1) is 0 Å². The van der Waals surface area contributed by atoms with E-state index >= 15 is 0 Å². The molecule has 1 aliphatic carbocycles. The predicted molar refractivity (Wildman–Crippen MR) is 89.4 cm³/mol. The number of hydrogen-bond acceptors (Lipinski definition) is 5. The fourth-order valence-corrected chi connectivity index (χ4v) is 4.17. The van der Waals surface area contributed by atoms with Crippen molar-refractivity contribution in [3.05, 3.63) is 71.0 Å². The van der Waals surface area contributed by atoms with Crippen LogP contribution >= 0.6 is 0 Å². The van der Waals surface area contributed by atoms with Gasteiger partial charge in [-0.05, 0) is 17.7 Å². The van der Waals surface area contributed by atoms with E-state index < -0.39 is 22.8 Å². The third kappa shape index (κ3) is 1.65. The monoisotopic (exact) mass is 331 g/mol. The fourth-order valence-electron chi connectivity index (χ4n) is 4.17. The first kappa shape index (κ1) is 14.2. The lowest BCUT2D eigenvalue weighted by molar-refractivity contribution is -0.143. The van der Waals surface area contributed by atoms with Gasteiger partial charge in [0.2, 0.25) is 11.6 Å². The Morgan fingerprint density at radius 2 is 1.60 bits per heavy atom. The van der Waals surface area contributed by atoms with Crippen molar-refractivity contribution in [2.24, 2.45) is 0 Å². The number of benzene rings is 2. The molecule has 0 radical (unpaired) electrons. The molecule has 5 heteroatoms. The summed E-state index contributed by atoms with van der Waals surface area (Å²) in [5.41, 5.74) is 2.17. The van der Waals surface area contributed by atoms with Crippen LogP contribution < -0.4 is 10.1 Å². The molecular weight excluding hydrogens is 318 g/mol. The second-order valence-corrected chi connectivity index (χ2v) is 6.46. The molecular formula is C20H13NO4. The standard InChI is InChI=1S/C20H13NO4/c22-14-9-16-17(19(24)18(14)23)20(12-6-2-4-8-15(12)25-16)10-21-13-7-3-1-5-11(13)20/h1-8,21H,9-10H2. The first-order valence-electron chi connectivity index (χ1n) is 8.09. The van der Waals surface area contributed by atoms with E-state index in [0.29, 0.717) is 23.6 Å². The average molecular weight is 331 g/mol. The van der Waals surface area contributed by atoms with Crippen LogP contribution in [0.5, 0.6) is 5.75 Å². The molecule has 0 amide bonds. The molecule has 0 fully saturated rings. The summed E-state index contributed by atoms with van der Waals surface area (Å²) >= 11 is 0. The number of ketones is 3. The van der Waals surface area contributed by atoms with Gasteiger partial charge in [0, 0.05) is 17.8 Å². The Morgan fingerprint density at radius 1 is 0.880 bits per heavy atom. The summed E-state index contributed by atoms with van der Waals surface area (Å²) in [5.74, 6) is -1.50. The summed E-state index contributed by atoms with van der Waals surface area (Å²) < 4.78 is 5.88. The second-order valence-electron chi connectivity index (χ2n) is 6.46. The molecule has 0 saturated carbocycles. The van der Waals surface area contributed by atoms with E-state index in [2.05, 4.69) is 5.32 Å². The number of para-hydroxylation sites is 2. The highest BCUT2D eigenvalue weighted by Gasteiger charge is 2.55. The van der Waals surface area contributed by atoms with Crippen molar-refractivity contribution in [3.8, 4) is 5.75 Å². The van der Waals surface area contributed by atoms with E-state index in [1.54, 1.807) is 0 Å². The molecule has 2 aromatic rings. The summed E-state index contributed by atoms with van der Waals surface area (Å²) in [6.07, 6.45) is -0.168. The van der Waals surface area contributed by atoms with Crippen molar-refractivity contribution in [1.29, 1.82) is 0 Å². The molecule has 0 bridgehead atoms. The molecule has 5 rings (SSSR count). The third-order valence-electron chi connectivity index (χ3n) is 5.22. The van der Waals surface area contributed by atoms with Gasteiger partial charge in [-0.1, -0.05) is 36.4 Å². The molecule has 1 N–H and O–H groups in total. The van der Waals surface area contributed by atoms with Crippen LogP contribution in [0.1, 0.15) is 17.5 Å². The highest BCUT2D eigenvalue weighted by atomic mass is 16.5. The van der Waals surface area contributed by atoms with E-state index in [1.165, 1.54) is 0 Å². The van der Waals surface area contributed by atoms with E-state index in [1.807, 2.05) is 48.5 Å². The van der Waals surface area contributed by atoms with Crippen LogP contribution in [-0.4, -0.2) is 23.9 Å².